The minimum Gasteiger partial charge on any atom is -0.379 e. The maximum atomic E-state index is 14.4. The molecule has 3 rings (SSSR count). The average Bonchev–Trinajstić information content (AvgIpc) is 3.69. The molecule has 2 aliphatic heterocycles. The molecule has 0 spiro atoms. The van der Waals surface area contributed by atoms with Crippen molar-refractivity contribution in [3.63, 3.8) is 0 Å². The monoisotopic (exact) mass is 815 g/mol. The Morgan fingerprint density at radius 2 is 1.53 bits per heavy atom. The van der Waals surface area contributed by atoms with Gasteiger partial charge in [-0.05, 0) is 63.1 Å². The third-order valence-corrected chi connectivity index (χ3v) is 12.4. The van der Waals surface area contributed by atoms with Crippen LogP contribution in [0, 0.1) is 23.7 Å². The molecule has 10 atom stereocenters. The average molecular weight is 815 g/mol. The summed E-state index contributed by atoms with van der Waals surface area (Å²) in [7, 11) is 6.71. The van der Waals surface area contributed by atoms with E-state index in [4.69, 9.17) is 14.3 Å². The van der Waals surface area contributed by atoms with E-state index in [0.717, 1.165) is 31.2 Å². The number of ether oxygens (including phenoxy) is 2. The summed E-state index contributed by atoms with van der Waals surface area (Å²) >= 11 is 0. The van der Waals surface area contributed by atoms with E-state index in [-0.39, 0.29) is 65.8 Å². The lowest BCUT2D eigenvalue weighted by molar-refractivity contribution is -0.200. The van der Waals surface area contributed by atoms with Gasteiger partial charge >= 0.3 is 0 Å². The van der Waals surface area contributed by atoms with Gasteiger partial charge in [-0.25, -0.2) is 5.06 Å². The highest BCUT2D eigenvalue weighted by molar-refractivity contribution is 6.00. The maximum absolute atomic E-state index is 14.4. The summed E-state index contributed by atoms with van der Waals surface area (Å²) in [6.45, 7) is 17.0. The molecule has 1 aromatic rings. The van der Waals surface area contributed by atoms with Crippen LogP contribution in [0.2, 0.25) is 0 Å². The highest BCUT2D eigenvalue weighted by Gasteiger charge is 2.44. The lowest BCUT2D eigenvalue weighted by atomic mass is 9.87. The molecule has 0 unspecified atom stereocenters. The molecule has 1 aromatic carbocycles. The number of amides is 5. The molecule has 0 radical (unpaired) electrons. The van der Waals surface area contributed by atoms with Gasteiger partial charge in [0.15, 0.2) is 0 Å². The third kappa shape index (κ3) is 12.3. The van der Waals surface area contributed by atoms with Crippen LogP contribution in [-0.2, 0) is 38.3 Å². The number of hydrogen-bond acceptors (Lipinski definition) is 10. The first-order valence-corrected chi connectivity index (χ1v) is 21.4. The van der Waals surface area contributed by atoms with Crippen molar-refractivity contribution in [2.75, 3.05) is 48.0 Å². The zero-order chi connectivity index (χ0) is 43.3. The number of likely N-dealkylation sites (N-methyl/N-ethyl adjacent to an activating group) is 2. The minimum atomic E-state index is -0.874. The Morgan fingerprint density at radius 1 is 0.862 bits per heavy atom. The fraction of sp³-hybridized carbons (Fsp3) is 0.750. The highest BCUT2D eigenvalue weighted by atomic mass is 16.7. The van der Waals surface area contributed by atoms with Gasteiger partial charge in [0.1, 0.15) is 6.04 Å². The molecule has 14 heteroatoms. The van der Waals surface area contributed by atoms with Crippen LogP contribution >= 0.6 is 0 Å². The number of rotatable bonds is 21. The third-order valence-electron chi connectivity index (χ3n) is 12.4. The number of carbonyl (C=O) groups excluding carboxylic acids is 5. The molecular weight excluding hydrogens is 741 g/mol. The van der Waals surface area contributed by atoms with E-state index in [0.29, 0.717) is 26.1 Å². The lowest BCUT2D eigenvalue weighted by Crippen LogP contribution is -2.60. The van der Waals surface area contributed by atoms with Gasteiger partial charge in [-0.2, -0.15) is 0 Å². The summed E-state index contributed by atoms with van der Waals surface area (Å²) in [5, 5.41) is 10.1. The number of imide groups is 1. The van der Waals surface area contributed by atoms with Crippen molar-refractivity contribution in [2.45, 2.75) is 142 Å². The normalized spacial score (nSPS) is 20.8. The maximum Gasteiger partial charge on any atom is 0.269 e. The number of nitrogens with zero attached hydrogens (tertiary/aromatic N) is 3. The topological polar surface area (TPSA) is 159 Å². The second-order valence-electron chi connectivity index (χ2n) is 17.0. The molecular formula is C44H74N6O8. The molecule has 0 aliphatic carbocycles. The summed E-state index contributed by atoms with van der Waals surface area (Å²) in [4.78, 5) is 78.9. The summed E-state index contributed by atoms with van der Waals surface area (Å²) in [5.74, 6) is -2.71. The number of nitrogens with one attached hydrogen (secondary N) is 3. The SMILES string of the molecule is CC[C@H](C)[C@@H]([C@@H](CC(=O)N1CCC[C@H]1[C@H](OC)[C@@H](C)C(=O)N[C@H](C(=O)N1CCCCO1)[C@@H](C)c1ccccc1)OC)N(C)[C@H](C(=O)NC(=O)[C@@H](NC)C(C)C)C(C)C. The van der Waals surface area contributed by atoms with Crippen LogP contribution in [0.3, 0.4) is 0 Å². The molecule has 5 amide bonds. The quantitative estimate of drug-likeness (QED) is 0.165. The van der Waals surface area contributed by atoms with Crippen LogP contribution < -0.4 is 16.0 Å². The van der Waals surface area contributed by atoms with Crippen LogP contribution in [-0.4, -0.2) is 135 Å². The van der Waals surface area contributed by atoms with Crippen molar-refractivity contribution in [3.8, 4) is 0 Å². The molecule has 0 bridgehead atoms. The number of benzene rings is 1. The fourth-order valence-electron chi connectivity index (χ4n) is 8.94. The van der Waals surface area contributed by atoms with Crippen LogP contribution in [0.1, 0.15) is 105 Å². The summed E-state index contributed by atoms with van der Waals surface area (Å²) in [6.07, 6.45) is 2.66. The Labute approximate surface area is 347 Å². The molecule has 2 fully saturated rings. The second kappa shape index (κ2) is 23.4. The van der Waals surface area contributed by atoms with Gasteiger partial charge in [-0.15, -0.1) is 0 Å². The Hall–Kier alpha value is -3.43. The molecule has 3 N–H and O–H groups in total. The van der Waals surface area contributed by atoms with E-state index in [1.54, 1.807) is 28.2 Å². The van der Waals surface area contributed by atoms with E-state index in [9.17, 15) is 24.0 Å². The molecule has 0 aromatic heterocycles. The molecule has 58 heavy (non-hydrogen) atoms. The first-order valence-electron chi connectivity index (χ1n) is 21.4. The van der Waals surface area contributed by atoms with E-state index in [1.165, 1.54) is 5.06 Å². The van der Waals surface area contributed by atoms with Crippen molar-refractivity contribution in [2.24, 2.45) is 23.7 Å². The summed E-state index contributed by atoms with van der Waals surface area (Å²) in [5.41, 5.74) is 0.915. The number of likely N-dealkylation sites (tertiary alicyclic amines) is 1. The van der Waals surface area contributed by atoms with Gasteiger partial charge in [0.25, 0.3) is 5.91 Å². The van der Waals surface area contributed by atoms with Crippen molar-refractivity contribution in [1.82, 2.24) is 30.8 Å². The molecule has 2 heterocycles. The molecule has 2 saturated heterocycles. The number of methoxy groups -OCH3 is 2. The van der Waals surface area contributed by atoms with Crippen LogP contribution in [0.4, 0.5) is 0 Å². The van der Waals surface area contributed by atoms with Gasteiger partial charge in [-0.1, -0.05) is 92.1 Å². The van der Waals surface area contributed by atoms with Crippen LogP contribution in [0.15, 0.2) is 30.3 Å². The standard InChI is InChI=1S/C44H74N6O8/c1-13-29(6)39(48(10)38(28(4)5)43(54)47-42(53)36(45-9)27(2)3)34(56-11)26-35(51)49-23-19-22-33(49)40(57-12)31(8)41(52)46-37(30(7)32-20-15-14-16-21-32)44(55)50-24-17-18-25-58-50/h14-16,20-21,27-31,33-34,36-40,45H,13,17-19,22-26H2,1-12H3,(H,46,52)(H,47,53,54)/t29-,30-,31+,33-,34+,36-,37-,38-,39-,40+/m0/s1. The predicted molar refractivity (Wildman–Crippen MR) is 224 cm³/mol. The van der Waals surface area contributed by atoms with E-state index >= 15 is 0 Å². The van der Waals surface area contributed by atoms with Crippen molar-refractivity contribution < 1.29 is 38.3 Å². The lowest BCUT2D eigenvalue weighted by Gasteiger charge is -2.43. The van der Waals surface area contributed by atoms with Gasteiger partial charge in [0.2, 0.25) is 23.6 Å². The zero-order valence-electron chi connectivity index (χ0n) is 37.3. The van der Waals surface area contributed by atoms with E-state index in [1.807, 2.05) is 81.8 Å². The van der Waals surface area contributed by atoms with Crippen molar-refractivity contribution >= 4 is 29.5 Å². The Balaban J connectivity index is 1.83. The van der Waals surface area contributed by atoms with Crippen molar-refractivity contribution in [3.05, 3.63) is 35.9 Å². The molecule has 2 aliphatic rings. The Morgan fingerprint density at radius 3 is 2.07 bits per heavy atom. The van der Waals surface area contributed by atoms with Crippen LogP contribution in [0.5, 0.6) is 0 Å². The zero-order valence-corrected chi connectivity index (χ0v) is 37.3. The fourth-order valence-corrected chi connectivity index (χ4v) is 8.94. The van der Waals surface area contributed by atoms with Crippen LogP contribution in [0.25, 0.3) is 0 Å². The predicted octanol–water partition coefficient (Wildman–Crippen LogP) is 4.13. The van der Waals surface area contributed by atoms with Gasteiger partial charge in [0.05, 0.1) is 49.3 Å². The summed E-state index contributed by atoms with van der Waals surface area (Å²) in [6, 6.07) is 6.83. The van der Waals surface area contributed by atoms with E-state index in [2.05, 4.69) is 29.8 Å². The van der Waals surface area contributed by atoms with Gasteiger partial charge in [0, 0.05) is 39.3 Å². The minimum absolute atomic E-state index is 0.0155. The Bertz CT molecular complexity index is 1470. The summed E-state index contributed by atoms with van der Waals surface area (Å²) < 4.78 is 12.1. The largest absolute Gasteiger partial charge is 0.379 e. The first-order chi connectivity index (χ1) is 27.5. The van der Waals surface area contributed by atoms with Gasteiger partial charge < -0.3 is 25.0 Å². The number of hydrogen-bond donors (Lipinski definition) is 3. The van der Waals surface area contributed by atoms with Gasteiger partial charge in [-0.3, -0.25) is 39.0 Å². The van der Waals surface area contributed by atoms with Crippen molar-refractivity contribution in [1.29, 1.82) is 0 Å². The number of carbonyl (C=O) groups is 5. The second-order valence-corrected chi connectivity index (χ2v) is 17.0. The Kier molecular flexibility index (Phi) is 19.7. The van der Waals surface area contributed by atoms with E-state index < -0.39 is 42.2 Å². The molecule has 0 saturated carbocycles. The highest BCUT2D eigenvalue weighted by Crippen LogP contribution is 2.31. The first kappa shape index (κ1) is 48.9. The molecule has 14 nitrogen and oxygen atoms in total. The smallest absolute Gasteiger partial charge is 0.269 e. The molecule has 328 valence electrons. The number of hydroxylamine groups is 2.